The van der Waals surface area contributed by atoms with E-state index in [0.717, 1.165) is 0 Å². The maximum absolute atomic E-state index is 12.6. The predicted molar refractivity (Wildman–Crippen MR) is 95.7 cm³/mol. The molecule has 27 heavy (non-hydrogen) atoms. The fraction of sp³-hybridized carbons (Fsp3) is 0.333. The van der Waals surface area contributed by atoms with Gasteiger partial charge < -0.3 is 14.1 Å². The molecule has 1 aromatic heterocycles. The van der Waals surface area contributed by atoms with Crippen molar-refractivity contribution < 1.29 is 27.2 Å². The molecule has 144 valence electrons. The average Bonchev–Trinajstić information content (AvgIpc) is 3.22. The molecule has 8 nitrogen and oxygen atoms in total. The number of methoxy groups -OCH3 is 1. The van der Waals surface area contributed by atoms with Crippen LogP contribution < -0.4 is 4.72 Å². The van der Waals surface area contributed by atoms with Gasteiger partial charge in [0.1, 0.15) is 6.26 Å². The van der Waals surface area contributed by atoms with Crippen LogP contribution in [0.5, 0.6) is 0 Å². The quantitative estimate of drug-likeness (QED) is 0.776. The van der Waals surface area contributed by atoms with Crippen molar-refractivity contribution in [1.29, 1.82) is 0 Å². The summed E-state index contributed by atoms with van der Waals surface area (Å²) < 4.78 is 37.4. The Balaban J connectivity index is 1.63. The largest absolute Gasteiger partial charge is 0.472 e. The first-order valence-corrected chi connectivity index (χ1v) is 9.91. The Morgan fingerprint density at radius 1 is 1.19 bits per heavy atom. The number of carbonyl (C=O) groups is 2. The van der Waals surface area contributed by atoms with Crippen LogP contribution in [0.3, 0.4) is 0 Å². The molecule has 2 aromatic rings. The summed E-state index contributed by atoms with van der Waals surface area (Å²) in [6.07, 6.45) is 3.83. The average molecular weight is 392 g/mol. The van der Waals surface area contributed by atoms with E-state index in [-0.39, 0.29) is 22.4 Å². The molecule has 1 aromatic carbocycles. The van der Waals surface area contributed by atoms with Crippen LogP contribution >= 0.6 is 0 Å². The molecule has 1 saturated heterocycles. The number of benzene rings is 1. The van der Waals surface area contributed by atoms with Crippen molar-refractivity contribution in [1.82, 2.24) is 9.62 Å². The van der Waals surface area contributed by atoms with Gasteiger partial charge in [0.05, 0.1) is 29.4 Å². The van der Waals surface area contributed by atoms with Gasteiger partial charge in [0.25, 0.3) is 5.91 Å². The number of nitrogens with one attached hydrogen (secondary N) is 1. The summed E-state index contributed by atoms with van der Waals surface area (Å²) in [7, 11) is -2.54. The molecule has 1 N–H and O–H groups in total. The van der Waals surface area contributed by atoms with Gasteiger partial charge in [-0.05, 0) is 37.1 Å². The Hall–Kier alpha value is -2.65. The van der Waals surface area contributed by atoms with E-state index in [2.05, 4.69) is 9.46 Å². The number of carbonyl (C=O) groups excluding carboxylic acids is 2. The normalized spacial score (nSPS) is 15.5. The number of sulfonamides is 1. The molecule has 1 fully saturated rings. The zero-order valence-corrected chi connectivity index (χ0v) is 15.6. The van der Waals surface area contributed by atoms with Crippen molar-refractivity contribution in [2.75, 3.05) is 20.2 Å². The van der Waals surface area contributed by atoms with Crippen LogP contribution in [0.25, 0.3) is 0 Å². The van der Waals surface area contributed by atoms with Gasteiger partial charge in [0, 0.05) is 19.1 Å². The van der Waals surface area contributed by atoms with Crippen molar-refractivity contribution >= 4 is 21.9 Å². The summed E-state index contributed by atoms with van der Waals surface area (Å²) >= 11 is 0. The van der Waals surface area contributed by atoms with Crippen LogP contribution in [0, 0.1) is 0 Å². The minimum absolute atomic E-state index is 0.00213. The van der Waals surface area contributed by atoms with Gasteiger partial charge in [0.2, 0.25) is 10.0 Å². The summed E-state index contributed by atoms with van der Waals surface area (Å²) in [5.41, 5.74) is 0.648. The third kappa shape index (κ3) is 4.37. The SMILES string of the molecule is COC(=O)c1cccc(S(=O)(=O)NC2CCN(C(=O)c3ccoc3)CC2)c1. The fourth-order valence-corrected chi connectivity index (χ4v) is 4.32. The van der Waals surface area contributed by atoms with E-state index in [1.807, 2.05) is 0 Å². The molecule has 1 aliphatic rings. The monoisotopic (exact) mass is 392 g/mol. The molecule has 1 amide bonds. The zero-order valence-electron chi connectivity index (χ0n) is 14.8. The number of likely N-dealkylation sites (tertiary alicyclic amines) is 1. The van der Waals surface area contributed by atoms with E-state index < -0.39 is 16.0 Å². The number of rotatable bonds is 5. The lowest BCUT2D eigenvalue weighted by Gasteiger charge is -2.32. The topological polar surface area (TPSA) is 106 Å². The van der Waals surface area contributed by atoms with Gasteiger partial charge in [-0.15, -0.1) is 0 Å². The van der Waals surface area contributed by atoms with E-state index in [4.69, 9.17) is 4.42 Å². The number of hydrogen-bond acceptors (Lipinski definition) is 6. The third-order valence-corrected chi connectivity index (χ3v) is 5.96. The first-order valence-electron chi connectivity index (χ1n) is 8.43. The van der Waals surface area contributed by atoms with Crippen LogP contribution in [-0.2, 0) is 14.8 Å². The molecule has 0 unspecified atom stereocenters. The molecule has 0 radical (unpaired) electrons. The first-order chi connectivity index (χ1) is 12.9. The molecule has 0 atom stereocenters. The van der Waals surface area contributed by atoms with E-state index in [1.165, 1.54) is 43.9 Å². The van der Waals surface area contributed by atoms with E-state index in [0.29, 0.717) is 31.5 Å². The standard InChI is InChI=1S/C18H20N2O6S/c1-25-18(22)13-3-2-4-16(11-13)27(23,24)19-15-5-8-20(9-6-15)17(21)14-7-10-26-12-14/h2-4,7,10-12,15,19H,5-6,8-9H2,1H3. The maximum Gasteiger partial charge on any atom is 0.337 e. The molecule has 1 aliphatic heterocycles. The summed E-state index contributed by atoms with van der Waals surface area (Å²) in [6.45, 7) is 0.888. The Morgan fingerprint density at radius 2 is 1.93 bits per heavy atom. The number of furan rings is 1. The highest BCUT2D eigenvalue weighted by Crippen LogP contribution is 2.18. The third-order valence-electron chi connectivity index (χ3n) is 4.44. The summed E-state index contributed by atoms with van der Waals surface area (Å²) in [4.78, 5) is 25.6. The molecular weight excluding hydrogens is 372 g/mol. The Labute approximate surface area is 157 Å². The summed E-state index contributed by atoms with van der Waals surface area (Å²) in [6, 6.07) is 7.01. The van der Waals surface area contributed by atoms with Crippen molar-refractivity contribution in [2.45, 2.75) is 23.8 Å². The van der Waals surface area contributed by atoms with E-state index in [9.17, 15) is 18.0 Å². The van der Waals surface area contributed by atoms with Crippen LogP contribution in [0.15, 0.2) is 52.2 Å². The molecule has 0 saturated carbocycles. The molecule has 0 bridgehead atoms. The number of piperidine rings is 1. The van der Waals surface area contributed by atoms with Gasteiger partial charge in [0.15, 0.2) is 0 Å². The molecular formula is C18H20N2O6S. The number of nitrogens with zero attached hydrogens (tertiary/aromatic N) is 1. The molecule has 0 aliphatic carbocycles. The van der Waals surface area contributed by atoms with Crippen LogP contribution in [0.1, 0.15) is 33.6 Å². The van der Waals surface area contributed by atoms with Gasteiger partial charge in [-0.1, -0.05) is 6.07 Å². The number of esters is 1. The number of amides is 1. The lowest BCUT2D eigenvalue weighted by molar-refractivity contribution is 0.0600. The predicted octanol–water partition coefficient (Wildman–Crippen LogP) is 1.65. The van der Waals surface area contributed by atoms with Crippen molar-refractivity contribution in [2.24, 2.45) is 0 Å². The highest BCUT2D eigenvalue weighted by molar-refractivity contribution is 7.89. The lowest BCUT2D eigenvalue weighted by atomic mass is 10.1. The first kappa shape index (κ1) is 19.1. The van der Waals surface area contributed by atoms with E-state index >= 15 is 0 Å². The van der Waals surface area contributed by atoms with Crippen LogP contribution in [0.4, 0.5) is 0 Å². The van der Waals surface area contributed by atoms with E-state index in [1.54, 1.807) is 11.0 Å². The Morgan fingerprint density at radius 3 is 2.56 bits per heavy atom. The van der Waals surface area contributed by atoms with Gasteiger partial charge in [-0.2, -0.15) is 0 Å². The van der Waals surface area contributed by atoms with Crippen LogP contribution in [0.2, 0.25) is 0 Å². The Kier molecular flexibility index (Phi) is 5.62. The molecule has 0 spiro atoms. The summed E-state index contributed by atoms with van der Waals surface area (Å²) in [5.74, 6) is -0.728. The molecule has 2 heterocycles. The number of ether oxygens (including phenoxy) is 1. The zero-order chi connectivity index (χ0) is 19.4. The van der Waals surface area contributed by atoms with Crippen molar-refractivity contribution in [3.63, 3.8) is 0 Å². The second kappa shape index (κ2) is 7.93. The molecule has 3 rings (SSSR count). The second-order valence-electron chi connectivity index (χ2n) is 6.22. The Bertz CT molecular complexity index is 915. The minimum Gasteiger partial charge on any atom is -0.472 e. The fourth-order valence-electron chi connectivity index (χ4n) is 2.96. The van der Waals surface area contributed by atoms with Gasteiger partial charge in [-0.3, -0.25) is 4.79 Å². The molecule has 9 heteroatoms. The highest BCUT2D eigenvalue weighted by Gasteiger charge is 2.27. The van der Waals surface area contributed by atoms with Crippen LogP contribution in [-0.4, -0.2) is 51.4 Å². The smallest absolute Gasteiger partial charge is 0.337 e. The van der Waals surface area contributed by atoms with Gasteiger partial charge in [-0.25, -0.2) is 17.9 Å². The maximum atomic E-state index is 12.6. The minimum atomic E-state index is -3.78. The highest BCUT2D eigenvalue weighted by atomic mass is 32.2. The number of hydrogen-bond donors (Lipinski definition) is 1. The van der Waals surface area contributed by atoms with Crippen molar-refractivity contribution in [3.05, 3.63) is 54.0 Å². The van der Waals surface area contributed by atoms with Gasteiger partial charge >= 0.3 is 5.97 Å². The summed E-state index contributed by atoms with van der Waals surface area (Å²) in [5, 5.41) is 0. The van der Waals surface area contributed by atoms with Crippen molar-refractivity contribution in [3.8, 4) is 0 Å². The second-order valence-corrected chi connectivity index (χ2v) is 7.93. The lowest BCUT2D eigenvalue weighted by Crippen LogP contribution is -2.46.